The Balaban J connectivity index is 2.51. The molecule has 0 saturated heterocycles. The Morgan fingerprint density at radius 3 is 2.76 bits per heavy atom. The summed E-state index contributed by atoms with van der Waals surface area (Å²) in [6, 6.07) is 5.57. The minimum atomic E-state index is -0.917. The molecule has 17 heavy (non-hydrogen) atoms. The van der Waals surface area contributed by atoms with Crippen LogP contribution in [0.25, 0.3) is 0 Å². The molecule has 0 heterocycles. The minimum Gasteiger partial charge on any atom is -0.481 e. The third-order valence-electron chi connectivity index (χ3n) is 1.92. The zero-order valence-corrected chi connectivity index (χ0v) is 11.6. The van der Waals surface area contributed by atoms with Gasteiger partial charge in [-0.05, 0) is 34.5 Å². The molecule has 0 aliphatic rings. The van der Waals surface area contributed by atoms with Crippen molar-refractivity contribution in [2.24, 2.45) is 0 Å². The fourth-order valence-electron chi connectivity index (χ4n) is 1.16. The van der Waals surface area contributed by atoms with Crippen molar-refractivity contribution in [3.8, 4) is 0 Å². The number of aryl methyl sites for hydroxylation is 1. The second-order valence-corrected chi connectivity index (χ2v) is 5.15. The number of hydrogen-bond donors (Lipinski definition) is 2. The molecule has 0 fully saturated rings. The van der Waals surface area contributed by atoms with Gasteiger partial charge < -0.3 is 10.4 Å². The summed E-state index contributed by atoms with van der Waals surface area (Å²) in [7, 11) is 0. The van der Waals surface area contributed by atoms with Gasteiger partial charge in [0.15, 0.2) is 0 Å². The van der Waals surface area contributed by atoms with Crippen LogP contribution >= 0.6 is 27.7 Å². The van der Waals surface area contributed by atoms with Crippen LogP contribution in [-0.4, -0.2) is 28.5 Å². The Hall–Kier alpha value is -1.01. The van der Waals surface area contributed by atoms with Gasteiger partial charge in [-0.3, -0.25) is 9.59 Å². The zero-order valence-electron chi connectivity index (χ0n) is 9.20. The first-order chi connectivity index (χ1) is 8.00. The number of carbonyl (C=O) groups excluding carboxylic acids is 1. The van der Waals surface area contributed by atoms with E-state index in [4.69, 9.17) is 5.11 Å². The van der Waals surface area contributed by atoms with Crippen LogP contribution in [0.1, 0.15) is 5.56 Å². The van der Waals surface area contributed by atoms with Gasteiger partial charge in [-0.1, -0.05) is 12.1 Å². The molecule has 4 nitrogen and oxygen atoms in total. The first kappa shape index (κ1) is 14.1. The summed E-state index contributed by atoms with van der Waals surface area (Å²) in [6.45, 7) is 1.93. The van der Waals surface area contributed by atoms with E-state index < -0.39 is 5.97 Å². The number of carboxylic acids is 1. The minimum absolute atomic E-state index is 0.0671. The Bertz CT molecular complexity index is 437. The fourth-order valence-corrected chi connectivity index (χ4v) is 2.06. The maximum atomic E-state index is 11.5. The van der Waals surface area contributed by atoms with Crippen LogP contribution in [0.5, 0.6) is 0 Å². The van der Waals surface area contributed by atoms with E-state index in [1.807, 2.05) is 19.1 Å². The number of anilines is 1. The highest BCUT2D eigenvalue weighted by molar-refractivity contribution is 9.10. The molecule has 0 atom stereocenters. The van der Waals surface area contributed by atoms with E-state index in [0.29, 0.717) is 5.69 Å². The van der Waals surface area contributed by atoms with E-state index in [-0.39, 0.29) is 17.4 Å². The summed E-state index contributed by atoms with van der Waals surface area (Å²) in [6.07, 6.45) is 0. The van der Waals surface area contributed by atoms with Gasteiger partial charge in [0.1, 0.15) is 0 Å². The summed E-state index contributed by atoms with van der Waals surface area (Å²) >= 11 is 4.46. The lowest BCUT2D eigenvalue weighted by atomic mass is 10.2. The van der Waals surface area contributed by atoms with Crippen molar-refractivity contribution in [1.82, 2.24) is 0 Å². The third-order valence-corrected chi connectivity index (χ3v) is 3.89. The van der Waals surface area contributed by atoms with Crippen LogP contribution in [0.4, 0.5) is 5.69 Å². The number of amides is 1. The molecular weight excluding hydrogens is 306 g/mol. The van der Waals surface area contributed by atoms with Crippen molar-refractivity contribution in [2.45, 2.75) is 6.92 Å². The van der Waals surface area contributed by atoms with E-state index in [2.05, 4.69) is 21.2 Å². The van der Waals surface area contributed by atoms with Gasteiger partial charge in [-0.2, -0.15) is 0 Å². The van der Waals surface area contributed by atoms with E-state index in [0.717, 1.165) is 21.8 Å². The van der Waals surface area contributed by atoms with Crippen LogP contribution in [0, 0.1) is 6.92 Å². The van der Waals surface area contributed by atoms with Crippen LogP contribution in [0.15, 0.2) is 22.7 Å². The topological polar surface area (TPSA) is 66.4 Å². The molecule has 6 heteroatoms. The predicted molar refractivity (Wildman–Crippen MR) is 72.5 cm³/mol. The van der Waals surface area contributed by atoms with Gasteiger partial charge in [0, 0.05) is 4.47 Å². The highest BCUT2D eigenvalue weighted by Crippen LogP contribution is 2.25. The zero-order chi connectivity index (χ0) is 12.8. The quantitative estimate of drug-likeness (QED) is 0.875. The van der Waals surface area contributed by atoms with Gasteiger partial charge in [0.05, 0.1) is 17.2 Å². The van der Waals surface area contributed by atoms with Crippen molar-refractivity contribution in [3.63, 3.8) is 0 Å². The number of thioether (sulfide) groups is 1. The number of rotatable bonds is 5. The highest BCUT2D eigenvalue weighted by atomic mass is 79.9. The van der Waals surface area contributed by atoms with Gasteiger partial charge in [0.2, 0.25) is 5.91 Å². The molecule has 0 bridgehead atoms. The molecule has 92 valence electrons. The second kappa shape index (κ2) is 6.66. The Labute approximate surface area is 112 Å². The average molecular weight is 318 g/mol. The van der Waals surface area contributed by atoms with Crippen LogP contribution in [-0.2, 0) is 9.59 Å². The summed E-state index contributed by atoms with van der Waals surface area (Å²) in [5, 5.41) is 11.2. The Morgan fingerprint density at radius 1 is 1.41 bits per heavy atom. The van der Waals surface area contributed by atoms with E-state index >= 15 is 0 Å². The molecule has 1 aromatic carbocycles. The smallest absolute Gasteiger partial charge is 0.313 e. The average Bonchev–Trinajstić information content (AvgIpc) is 2.24. The molecule has 1 rings (SSSR count). The summed E-state index contributed by atoms with van der Waals surface area (Å²) in [5.74, 6) is -1.06. The molecule has 0 spiro atoms. The Kier molecular flexibility index (Phi) is 5.50. The van der Waals surface area contributed by atoms with Crippen LogP contribution < -0.4 is 5.32 Å². The van der Waals surface area contributed by atoms with Crippen molar-refractivity contribution in [2.75, 3.05) is 16.8 Å². The lowest BCUT2D eigenvalue weighted by Crippen LogP contribution is -2.15. The molecule has 0 saturated carbocycles. The van der Waals surface area contributed by atoms with Crippen molar-refractivity contribution in [3.05, 3.63) is 28.2 Å². The summed E-state index contributed by atoms with van der Waals surface area (Å²) in [4.78, 5) is 21.8. The number of carboxylic acid groups (broad SMARTS) is 1. The predicted octanol–water partition coefficient (Wildman–Crippen LogP) is 2.51. The molecule has 0 radical (unpaired) electrons. The number of hydrogen-bond acceptors (Lipinski definition) is 3. The molecule has 1 amide bonds. The first-order valence-corrected chi connectivity index (χ1v) is 6.80. The van der Waals surface area contributed by atoms with Crippen LogP contribution in [0.3, 0.4) is 0 Å². The van der Waals surface area contributed by atoms with Crippen molar-refractivity contribution in [1.29, 1.82) is 0 Å². The lowest BCUT2D eigenvalue weighted by Gasteiger charge is -2.08. The van der Waals surface area contributed by atoms with E-state index in [1.165, 1.54) is 0 Å². The second-order valence-electron chi connectivity index (χ2n) is 3.37. The first-order valence-electron chi connectivity index (χ1n) is 4.85. The molecule has 0 aliphatic heterocycles. The maximum Gasteiger partial charge on any atom is 0.313 e. The van der Waals surface area contributed by atoms with Gasteiger partial charge in [-0.15, -0.1) is 11.8 Å². The molecule has 2 N–H and O–H groups in total. The fraction of sp³-hybridized carbons (Fsp3) is 0.273. The molecular formula is C11H12BrNO3S. The largest absolute Gasteiger partial charge is 0.481 e. The number of aliphatic carboxylic acids is 1. The van der Waals surface area contributed by atoms with Crippen LogP contribution in [0.2, 0.25) is 0 Å². The van der Waals surface area contributed by atoms with Gasteiger partial charge in [0.25, 0.3) is 0 Å². The standard InChI is InChI=1S/C11H12BrNO3S/c1-7-3-2-4-8(11(7)12)13-9(14)5-17-6-10(15)16/h2-4H,5-6H2,1H3,(H,13,14)(H,15,16). The molecule has 0 aromatic heterocycles. The number of carbonyl (C=O) groups is 2. The summed E-state index contributed by atoms with van der Waals surface area (Å²) < 4.78 is 0.844. The van der Waals surface area contributed by atoms with Gasteiger partial charge >= 0.3 is 5.97 Å². The third kappa shape index (κ3) is 4.79. The molecule has 1 aromatic rings. The molecule has 0 aliphatic carbocycles. The SMILES string of the molecule is Cc1cccc(NC(=O)CSCC(=O)O)c1Br. The number of benzene rings is 1. The maximum absolute atomic E-state index is 11.5. The highest BCUT2D eigenvalue weighted by Gasteiger charge is 2.07. The normalized spacial score (nSPS) is 10.0. The van der Waals surface area contributed by atoms with Crippen molar-refractivity contribution >= 4 is 45.3 Å². The van der Waals surface area contributed by atoms with E-state index in [9.17, 15) is 9.59 Å². The summed E-state index contributed by atoms with van der Waals surface area (Å²) in [5.41, 5.74) is 1.73. The number of halogens is 1. The number of nitrogens with one attached hydrogen (secondary N) is 1. The van der Waals surface area contributed by atoms with E-state index in [1.54, 1.807) is 6.07 Å². The lowest BCUT2D eigenvalue weighted by molar-refractivity contribution is -0.133. The molecule has 0 unspecified atom stereocenters. The van der Waals surface area contributed by atoms with Gasteiger partial charge in [-0.25, -0.2) is 0 Å². The van der Waals surface area contributed by atoms with Crippen molar-refractivity contribution < 1.29 is 14.7 Å². The Morgan fingerprint density at radius 2 is 2.12 bits per heavy atom. The monoisotopic (exact) mass is 317 g/mol.